The summed E-state index contributed by atoms with van der Waals surface area (Å²) >= 11 is 0. The Kier molecular flexibility index (Phi) is 12.7. The monoisotopic (exact) mass is 732 g/mol. The zero-order chi connectivity index (χ0) is 34.4. The van der Waals surface area contributed by atoms with Crippen molar-refractivity contribution in [2.24, 2.45) is 31.9 Å². The van der Waals surface area contributed by atoms with E-state index in [1.165, 1.54) is 62.6 Å². The molecule has 0 bridgehead atoms. The summed E-state index contributed by atoms with van der Waals surface area (Å²) in [6.45, 7) is 2.45. The summed E-state index contributed by atoms with van der Waals surface area (Å²) in [6.07, 6.45) is 2.84. The van der Waals surface area contributed by atoms with Gasteiger partial charge in [0.05, 0.1) is 15.9 Å². The molecule has 0 atom stereocenters. The number of nitrogens with two attached hydrogens (primary N) is 2. The number of carbonyl (C=O) groups is 2. The molecule has 18 nitrogen and oxygen atoms in total. The van der Waals surface area contributed by atoms with Crippen LogP contribution in [0.15, 0.2) is 114 Å². The minimum atomic E-state index is -4.44. The van der Waals surface area contributed by atoms with E-state index in [-0.39, 0.29) is 65.2 Å². The Morgan fingerprint density at radius 2 is 1.06 bits per heavy atom. The first-order valence-electron chi connectivity index (χ1n) is 12.4. The molecule has 2 aromatic heterocycles. The van der Waals surface area contributed by atoms with Gasteiger partial charge in [-0.1, -0.05) is 0 Å². The van der Waals surface area contributed by atoms with Crippen molar-refractivity contribution in [2.45, 2.75) is 23.6 Å². The van der Waals surface area contributed by atoms with Crippen molar-refractivity contribution >= 4 is 66.0 Å². The summed E-state index contributed by atoms with van der Waals surface area (Å²) in [5.74, 6) is -2.72. The molecule has 47 heavy (non-hydrogen) atoms. The number of hydrogen-bond donors (Lipinski definition) is 8. The van der Waals surface area contributed by atoms with Crippen LogP contribution in [-0.4, -0.2) is 58.6 Å². The number of nitrogens with zero attached hydrogens (tertiary/aromatic N) is 6. The Bertz CT molecular complexity index is 2070. The molecule has 4 aromatic rings. The van der Waals surface area contributed by atoms with Gasteiger partial charge in [-0.25, -0.2) is 0 Å². The standard InChI is InChI=1S/C13H14N4O5S.C13H12N4O5S.Ni/c2*1-7(18)11(13(14)19)17-16-9-4-5-10(23(20,21)22)8-3-2-6-15-12(8)9;/h2-6,18,20-22H,1H3,(H2,14,19);2-6,18H,1H3,(H2,14,19)(H,20,21,22);/b2*11-7-,17-16?;. The predicted octanol–water partition coefficient (Wildman–Crippen LogP) is 5.01. The third-order valence-corrected chi connectivity index (χ3v) is 7.52. The fourth-order valence-corrected chi connectivity index (χ4v) is 5.09. The molecule has 4 rings (SSSR count). The van der Waals surface area contributed by atoms with E-state index in [2.05, 4.69) is 30.4 Å². The van der Waals surface area contributed by atoms with E-state index in [1.807, 2.05) is 0 Å². The number of benzene rings is 2. The minimum Gasteiger partial charge on any atom is -0.510 e. The van der Waals surface area contributed by atoms with Gasteiger partial charge in [-0.05, 0) is 62.4 Å². The quantitative estimate of drug-likeness (QED) is 0.0389. The van der Waals surface area contributed by atoms with Gasteiger partial charge >= 0.3 is 0 Å². The predicted molar refractivity (Wildman–Crippen MR) is 165 cm³/mol. The number of pyridine rings is 2. The smallest absolute Gasteiger partial charge is 0.295 e. The molecule has 0 aliphatic carbocycles. The molecular weight excluding hydrogens is 707 g/mol. The molecule has 0 spiro atoms. The molecule has 10 N–H and O–H groups in total. The van der Waals surface area contributed by atoms with Gasteiger partial charge in [0.25, 0.3) is 21.9 Å². The number of aliphatic hydroxyl groups excluding tert-OH is 2. The van der Waals surface area contributed by atoms with Gasteiger partial charge in [0.1, 0.15) is 38.7 Å². The molecular formula is C26H26N8NiO10S2. The van der Waals surface area contributed by atoms with Crippen molar-refractivity contribution < 1.29 is 62.9 Å². The van der Waals surface area contributed by atoms with Gasteiger partial charge in [-0.2, -0.15) is 8.42 Å². The topological polar surface area (TPSA) is 317 Å². The molecule has 0 unspecified atom stereocenters. The zero-order valence-electron chi connectivity index (χ0n) is 24.1. The van der Waals surface area contributed by atoms with Gasteiger partial charge in [0.2, 0.25) is 0 Å². The summed E-state index contributed by atoms with van der Waals surface area (Å²) in [7, 11) is -8.38. The third kappa shape index (κ3) is 9.56. The summed E-state index contributed by atoms with van der Waals surface area (Å²) in [6, 6.07) is 11.0. The van der Waals surface area contributed by atoms with Crippen LogP contribution in [-0.2, 0) is 36.2 Å². The van der Waals surface area contributed by atoms with E-state index in [0.717, 1.165) is 6.07 Å². The maximum Gasteiger partial charge on any atom is 0.295 e. The number of rotatable bonds is 8. The van der Waals surface area contributed by atoms with E-state index in [1.54, 1.807) is 6.07 Å². The third-order valence-electron chi connectivity index (χ3n) is 5.66. The summed E-state index contributed by atoms with van der Waals surface area (Å²) < 4.78 is 60.3. The summed E-state index contributed by atoms with van der Waals surface area (Å²) in [5.41, 5.74) is 9.97. The SMILES string of the molecule is C/C(O)=C(/N=Nc1ccc(S(=O)(=O)O)c2cccnc12)C(N)=O.C/C(O)=C(/N=Nc1ccc(S(O)(O)O)c2cccnc12)C(N)=O.[Ni]. The van der Waals surface area contributed by atoms with Crippen LogP contribution in [0.5, 0.6) is 0 Å². The molecule has 252 valence electrons. The average Bonchev–Trinajstić information content (AvgIpc) is 2.95. The molecule has 21 heteroatoms. The van der Waals surface area contributed by atoms with Crippen LogP contribution in [0.4, 0.5) is 11.4 Å². The van der Waals surface area contributed by atoms with E-state index in [4.69, 9.17) is 11.5 Å². The van der Waals surface area contributed by atoms with Crippen LogP contribution >= 0.6 is 10.9 Å². The zero-order valence-corrected chi connectivity index (χ0v) is 26.7. The number of azo groups is 2. The first-order chi connectivity index (χ1) is 21.4. The van der Waals surface area contributed by atoms with Crippen molar-refractivity contribution in [1.29, 1.82) is 0 Å². The number of amides is 2. The van der Waals surface area contributed by atoms with E-state index in [9.17, 15) is 46.4 Å². The molecule has 0 saturated heterocycles. The Morgan fingerprint density at radius 3 is 1.40 bits per heavy atom. The van der Waals surface area contributed by atoms with Crippen molar-refractivity contribution in [3.8, 4) is 0 Å². The average molecular weight is 733 g/mol. The molecule has 0 aliphatic heterocycles. The van der Waals surface area contributed by atoms with Gasteiger partial charge in [-0.15, -0.1) is 20.5 Å². The fraction of sp³-hybridized carbons (Fsp3) is 0.0769. The molecule has 2 amide bonds. The van der Waals surface area contributed by atoms with E-state index >= 15 is 0 Å². The second-order valence-electron chi connectivity index (χ2n) is 8.96. The fourth-order valence-electron chi connectivity index (χ4n) is 3.70. The van der Waals surface area contributed by atoms with Gasteiger partial charge in [0.15, 0.2) is 11.4 Å². The van der Waals surface area contributed by atoms with Crippen LogP contribution in [0, 0.1) is 0 Å². The van der Waals surface area contributed by atoms with Gasteiger partial charge in [-0.3, -0.25) is 24.1 Å². The minimum absolute atomic E-state index is 0. The number of allylic oxidation sites excluding steroid dienone is 2. The number of fused-ring (bicyclic) bond motifs is 2. The molecule has 2 aromatic carbocycles. The first kappa shape index (κ1) is 38.3. The normalized spacial score (nSPS) is 13.4. The summed E-state index contributed by atoms with van der Waals surface area (Å²) in [4.78, 5) is 29.9. The number of aromatic nitrogens is 2. The summed E-state index contributed by atoms with van der Waals surface area (Å²) in [5, 5.41) is 33.8. The maximum atomic E-state index is 11.4. The van der Waals surface area contributed by atoms with Crippen molar-refractivity contribution in [3.63, 3.8) is 0 Å². The van der Waals surface area contributed by atoms with Crippen molar-refractivity contribution in [3.05, 3.63) is 83.8 Å². The van der Waals surface area contributed by atoms with Crippen LogP contribution in [0.25, 0.3) is 21.8 Å². The van der Waals surface area contributed by atoms with Crippen LogP contribution in [0.2, 0.25) is 0 Å². The number of aliphatic hydroxyl groups is 2. The number of hydrogen-bond acceptors (Lipinski definition) is 15. The van der Waals surface area contributed by atoms with Crippen molar-refractivity contribution in [2.75, 3.05) is 0 Å². The van der Waals surface area contributed by atoms with Gasteiger partial charge in [0, 0.05) is 39.7 Å². The van der Waals surface area contributed by atoms with Gasteiger partial charge < -0.3 is 35.3 Å². The van der Waals surface area contributed by atoms with Crippen LogP contribution < -0.4 is 11.5 Å². The Labute approximate surface area is 277 Å². The second-order valence-corrected chi connectivity index (χ2v) is 11.8. The number of primary amides is 2. The van der Waals surface area contributed by atoms with Crippen LogP contribution in [0.1, 0.15) is 13.8 Å². The molecule has 0 fully saturated rings. The maximum absolute atomic E-state index is 11.4. The molecule has 0 aliphatic rings. The molecule has 2 heterocycles. The Balaban J connectivity index is 0.000000320. The Hall–Kier alpha value is -4.89. The number of carbonyl (C=O) groups excluding carboxylic acids is 2. The molecule has 0 radical (unpaired) electrons. The van der Waals surface area contributed by atoms with E-state index in [0.29, 0.717) is 0 Å². The van der Waals surface area contributed by atoms with Crippen molar-refractivity contribution in [1.82, 2.24) is 9.97 Å². The largest absolute Gasteiger partial charge is 0.510 e. The second kappa shape index (κ2) is 15.6. The molecule has 0 saturated carbocycles. The first-order valence-corrected chi connectivity index (χ1v) is 15.3. The van der Waals surface area contributed by atoms with Crippen LogP contribution in [0.3, 0.4) is 0 Å². The Morgan fingerprint density at radius 1 is 0.681 bits per heavy atom. The van der Waals surface area contributed by atoms with E-state index < -0.39 is 50.0 Å².